The van der Waals surface area contributed by atoms with E-state index in [9.17, 15) is 20.4 Å². The molecule has 0 heterocycles. The zero-order chi connectivity index (χ0) is 24.4. The summed E-state index contributed by atoms with van der Waals surface area (Å²) in [4.78, 5) is 0. The predicted molar refractivity (Wildman–Crippen MR) is 141 cm³/mol. The molecule has 6 aromatic carbocycles. The quantitative estimate of drug-likeness (QED) is 0.219. The maximum Gasteiger partial charge on any atom is 0.123 e. The van der Waals surface area contributed by atoms with Crippen LogP contribution in [-0.2, 0) is 6.42 Å². The minimum Gasteiger partial charge on any atom is -0.507 e. The molecule has 0 atom stereocenters. The van der Waals surface area contributed by atoms with Gasteiger partial charge in [0.1, 0.15) is 23.0 Å². The summed E-state index contributed by atoms with van der Waals surface area (Å²) in [7, 11) is 0. The van der Waals surface area contributed by atoms with Crippen LogP contribution in [0.15, 0.2) is 109 Å². The van der Waals surface area contributed by atoms with Gasteiger partial charge in [0, 0.05) is 21.5 Å². The standard InChI is InChI=1S/C21H16O2.C10H8O2/c22-20-11-9-14(16-5-1-3-7-18(16)20)13-15-10-12-21(23)19-8-4-2-6-17(15)19;11-9-5-1-3-7-8(9)4-2-6-10(7)12/h1-12,22-23H,13H2;1-6,11-12H. The van der Waals surface area contributed by atoms with Gasteiger partial charge in [0.2, 0.25) is 0 Å². The molecule has 6 aromatic rings. The van der Waals surface area contributed by atoms with Crippen LogP contribution in [0.1, 0.15) is 11.1 Å². The number of hydrogen-bond acceptors (Lipinski definition) is 4. The molecule has 0 aliphatic carbocycles. The molecule has 0 fully saturated rings. The van der Waals surface area contributed by atoms with Crippen molar-refractivity contribution in [3.63, 3.8) is 0 Å². The van der Waals surface area contributed by atoms with Crippen LogP contribution in [0.5, 0.6) is 23.0 Å². The summed E-state index contributed by atoms with van der Waals surface area (Å²) < 4.78 is 0. The Bertz CT molecular complexity index is 1550. The number of benzene rings is 6. The minimum atomic E-state index is 0.198. The number of phenols is 4. The number of aromatic hydroxyl groups is 4. The summed E-state index contributed by atoms with van der Waals surface area (Å²) in [5, 5.41) is 44.1. The summed E-state index contributed by atoms with van der Waals surface area (Å²) in [6.45, 7) is 0. The second kappa shape index (κ2) is 9.27. The lowest BCUT2D eigenvalue weighted by Crippen LogP contribution is -1.92. The second-order valence-electron chi connectivity index (χ2n) is 8.40. The Kier molecular flexibility index (Phi) is 5.86. The highest BCUT2D eigenvalue weighted by Crippen LogP contribution is 2.33. The molecule has 172 valence electrons. The summed E-state index contributed by atoms with van der Waals surface area (Å²) in [6, 6.07) is 33.4. The molecule has 0 amide bonds. The van der Waals surface area contributed by atoms with Gasteiger partial charge in [-0.05, 0) is 52.6 Å². The van der Waals surface area contributed by atoms with Gasteiger partial charge < -0.3 is 20.4 Å². The van der Waals surface area contributed by atoms with Gasteiger partial charge in [-0.25, -0.2) is 0 Å². The first kappa shape index (κ1) is 22.1. The maximum absolute atomic E-state index is 10.0. The molecule has 0 radical (unpaired) electrons. The van der Waals surface area contributed by atoms with E-state index in [0.29, 0.717) is 22.3 Å². The van der Waals surface area contributed by atoms with Crippen LogP contribution < -0.4 is 0 Å². The van der Waals surface area contributed by atoms with Crippen molar-refractivity contribution in [1.82, 2.24) is 0 Å². The molecule has 0 spiro atoms. The molecule has 4 nitrogen and oxygen atoms in total. The topological polar surface area (TPSA) is 80.9 Å². The Morgan fingerprint density at radius 3 is 1.06 bits per heavy atom. The SMILES string of the molecule is Oc1ccc(Cc2ccc(O)c3ccccc23)c2ccccc12.Oc1cccc2c(O)cccc12. The average molecular weight is 461 g/mol. The highest BCUT2D eigenvalue weighted by atomic mass is 16.3. The lowest BCUT2D eigenvalue weighted by Gasteiger charge is -2.11. The van der Waals surface area contributed by atoms with Crippen molar-refractivity contribution in [1.29, 1.82) is 0 Å². The number of rotatable bonds is 2. The van der Waals surface area contributed by atoms with Crippen molar-refractivity contribution in [3.05, 3.63) is 120 Å². The van der Waals surface area contributed by atoms with Crippen molar-refractivity contribution in [2.75, 3.05) is 0 Å². The van der Waals surface area contributed by atoms with Crippen LogP contribution in [0.4, 0.5) is 0 Å². The molecule has 0 aromatic heterocycles. The molecular formula is C31H24O4. The summed E-state index contributed by atoms with van der Waals surface area (Å²) in [5.41, 5.74) is 2.32. The van der Waals surface area contributed by atoms with Crippen LogP contribution in [-0.4, -0.2) is 20.4 Å². The van der Waals surface area contributed by atoms with Gasteiger partial charge in [-0.3, -0.25) is 0 Å². The van der Waals surface area contributed by atoms with Crippen LogP contribution in [0, 0.1) is 0 Å². The van der Waals surface area contributed by atoms with Gasteiger partial charge in [0.15, 0.2) is 0 Å². The van der Waals surface area contributed by atoms with Gasteiger partial charge in [-0.2, -0.15) is 0 Å². The lowest BCUT2D eigenvalue weighted by atomic mass is 9.94. The van der Waals surface area contributed by atoms with Gasteiger partial charge in [-0.1, -0.05) is 84.9 Å². The van der Waals surface area contributed by atoms with Crippen molar-refractivity contribution < 1.29 is 20.4 Å². The van der Waals surface area contributed by atoms with Crippen LogP contribution in [0.25, 0.3) is 32.3 Å². The maximum atomic E-state index is 10.0. The average Bonchev–Trinajstić information content (AvgIpc) is 2.89. The largest absolute Gasteiger partial charge is 0.507 e. The molecule has 0 aliphatic heterocycles. The number of phenolic OH excluding ortho intramolecular Hbond substituents is 4. The van der Waals surface area contributed by atoms with Gasteiger partial charge >= 0.3 is 0 Å². The van der Waals surface area contributed by atoms with E-state index < -0.39 is 0 Å². The van der Waals surface area contributed by atoms with Crippen molar-refractivity contribution in [3.8, 4) is 23.0 Å². The molecule has 0 bridgehead atoms. The van der Waals surface area contributed by atoms with E-state index >= 15 is 0 Å². The Morgan fingerprint density at radius 2 is 0.629 bits per heavy atom. The van der Waals surface area contributed by atoms with E-state index in [2.05, 4.69) is 0 Å². The van der Waals surface area contributed by atoms with E-state index in [-0.39, 0.29) is 11.5 Å². The lowest BCUT2D eigenvalue weighted by molar-refractivity contribution is 0.475. The van der Waals surface area contributed by atoms with E-state index in [1.807, 2.05) is 60.7 Å². The van der Waals surface area contributed by atoms with E-state index in [1.165, 1.54) is 0 Å². The minimum absolute atomic E-state index is 0.198. The number of fused-ring (bicyclic) bond motifs is 3. The molecule has 4 N–H and O–H groups in total. The normalized spacial score (nSPS) is 10.9. The second-order valence-corrected chi connectivity index (χ2v) is 8.40. The zero-order valence-corrected chi connectivity index (χ0v) is 18.9. The molecule has 0 aliphatic rings. The first-order chi connectivity index (χ1) is 17.0. The van der Waals surface area contributed by atoms with Crippen LogP contribution >= 0.6 is 0 Å². The number of hydrogen-bond donors (Lipinski definition) is 4. The summed E-state index contributed by atoms with van der Waals surface area (Å²) in [6.07, 6.45) is 0.752. The van der Waals surface area contributed by atoms with Crippen molar-refractivity contribution >= 4 is 32.3 Å². The molecule has 0 saturated heterocycles. The monoisotopic (exact) mass is 460 g/mol. The summed E-state index contributed by atoms with van der Waals surface area (Å²) >= 11 is 0. The molecule has 35 heavy (non-hydrogen) atoms. The third-order valence-corrected chi connectivity index (χ3v) is 6.24. The fourth-order valence-electron chi connectivity index (χ4n) is 4.48. The third-order valence-electron chi connectivity index (χ3n) is 6.24. The van der Waals surface area contributed by atoms with Gasteiger partial charge in [0.05, 0.1) is 0 Å². The third kappa shape index (κ3) is 4.30. The highest BCUT2D eigenvalue weighted by Gasteiger charge is 2.09. The van der Waals surface area contributed by atoms with E-state index in [0.717, 1.165) is 39.1 Å². The molecule has 6 rings (SSSR count). The molecule has 0 saturated carbocycles. The Hall–Kier alpha value is -4.70. The smallest absolute Gasteiger partial charge is 0.123 e. The molecule has 4 heteroatoms. The van der Waals surface area contributed by atoms with E-state index in [1.54, 1.807) is 48.5 Å². The molecule has 0 unspecified atom stereocenters. The molecular weight excluding hydrogens is 436 g/mol. The Morgan fingerprint density at radius 1 is 0.314 bits per heavy atom. The van der Waals surface area contributed by atoms with Crippen LogP contribution in [0.3, 0.4) is 0 Å². The highest BCUT2D eigenvalue weighted by molar-refractivity contribution is 5.94. The Balaban J connectivity index is 0.000000178. The van der Waals surface area contributed by atoms with Gasteiger partial charge in [0.25, 0.3) is 0 Å². The fraction of sp³-hybridized carbons (Fsp3) is 0.0323. The predicted octanol–water partition coefficient (Wildman–Crippen LogP) is 7.25. The first-order valence-corrected chi connectivity index (χ1v) is 11.3. The van der Waals surface area contributed by atoms with Crippen molar-refractivity contribution in [2.24, 2.45) is 0 Å². The van der Waals surface area contributed by atoms with Crippen LogP contribution in [0.2, 0.25) is 0 Å². The zero-order valence-electron chi connectivity index (χ0n) is 18.9. The first-order valence-electron chi connectivity index (χ1n) is 11.3. The van der Waals surface area contributed by atoms with E-state index in [4.69, 9.17) is 0 Å². The van der Waals surface area contributed by atoms with Crippen molar-refractivity contribution in [2.45, 2.75) is 6.42 Å². The summed E-state index contributed by atoms with van der Waals surface area (Å²) in [5.74, 6) is 1.01. The fourth-order valence-corrected chi connectivity index (χ4v) is 4.48. The van der Waals surface area contributed by atoms with Gasteiger partial charge in [-0.15, -0.1) is 0 Å². The Labute approximate surface area is 202 Å².